The number of benzene rings is 1. The maximum absolute atomic E-state index is 13.2. The maximum Gasteiger partial charge on any atom is 0.229 e. The van der Waals surface area contributed by atoms with Crippen LogP contribution in [0.25, 0.3) is 11.4 Å². The van der Waals surface area contributed by atoms with Gasteiger partial charge in [-0.2, -0.15) is 0 Å². The summed E-state index contributed by atoms with van der Waals surface area (Å²) in [7, 11) is 0. The van der Waals surface area contributed by atoms with Crippen LogP contribution in [0, 0.1) is 18.7 Å². The third-order valence-electron chi connectivity index (χ3n) is 6.15. The van der Waals surface area contributed by atoms with Gasteiger partial charge in [0.05, 0.1) is 18.3 Å². The molecule has 1 aromatic carbocycles. The molecule has 1 amide bonds. The molecule has 2 bridgehead atoms. The van der Waals surface area contributed by atoms with E-state index >= 15 is 0 Å². The van der Waals surface area contributed by atoms with Crippen LogP contribution in [0.4, 0.5) is 15.9 Å². The molecule has 152 valence electrons. The summed E-state index contributed by atoms with van der Waals surface area (Å²) in [5.74, 6) is 0.864. The first-order chi connectivity index (χ1) is 14.6. The van der Waals surface area contributed by atoms with E-state index in [0.29, 0.717) is 17.6 Å². The number of carbonyl (C=O) groups is 1. The highest BCUT2D eigenvalue weighted by Crippen LogP contribution is 2.44. The smallest absolute Gasteiger partial charge is 0.229 e. The number of rotatable bonds is 4. The number of pyridine rings is 1. The SMILES string of the molecule is Cc1ccc(NC(=O)[C@@H]2C[C@@H]3CC[C@H]2N3c2ccccn2)cc1-c1ncc(F)cn1. The van der Waals surface area contributed by atoms with E-state index in [-0.39, 0.29) is 17.9 Å². The van der Waals surface area contributed by atoms with Gasteiger partial charge in [0, 0.05) is 29.5 Å². The minimum absolute atomic E-state index is 0.0259. The lowest BCUT2D eigenvalue weighted by atomic mass is 9.88. The van der Waals surface area contributed by atoms with Gasteiger partial charge in [0.2, 0.25) is 5.91 Å². The quantitative estimate of drug-likeness (QED) is 0.713. The number of hydrogen-bond donors (Lipinski definition) is 1. The molecule has 6 nitrogen and oxygen atoms in total. The van der Waals surface area contributed by atoms with Gasteiger partial charge >= 0.3 is 0 Å². The Morgan fingerprint density at radius 2 is 1.97 bits per heavy atom. The van der Waals surface area contributed by atoms with Crippen LogP contribution in [-0.2, 0) is 4.79 Å². The van der Waals surface area contributed by atoms with E-state index in [9.17, 15) is 9.18 Å². The highest BCUT2D eigenvalue weighted by molar-refractivity contribution is 5.94. The third-order valence-corrected chi connectivity index (χ3v) is 6.15. The molecule has 1 N–H and O–H groups in total. The van der Waals surface area contributed by atoms with E-state index in [0.717, 1.165) is 48.6 Å². The summed E-state index contributed by atoms with van der Waals surface area (Å²) in [6.07, 6.45) is 7.03. The molecule has 0 radical (unpaired) electrons. The molecule has 7 heteroatoms. The van der Waals surface area contributed by atoms with Crippen LogP contribution < -0.4 is 10.2 Å². The Bertz CT molecular complexity index is 1070. The number of fused-ring (bicyclic) bond motifs is 2. The van der Waals surface area contributed by atoms with Crippen molar-refractivity contribution in [1.29, 1.82) is 0 Å². The van der Waals surface area contributed by atoms with E-state index in [1.807, 2.05) is 43.3 Å². The summed E-state index contributed by atoms with van der Waals surface area (Å²) < 4.78 is 13.2. The Labute approximate surface area is 174 Å². The number of nitrogens with one attached hydrogen (secondary N) is 1. The van der Waals surface area contributed by atoms with Crippen LogP contribution in [0.3, 0.4) is 0 Å². The highest BCUT2D eigenvalue weighted by Gasteiger charge is 2.49. The molecule has 5 rings (SSSR count). The predicted octanol–water partition coefficient (Wildman–Crippen LogP) is 3.98. The standard InChI is InChI=1S/C23H22FN5O/c1-14-5-6-16(10-18(14)22-26-12-15(24)13-27-22)28-23(30)19-11-17-7-8-20(19)29(17)21-4-2-3-9-25-21/h2-6,9-10,12-13,17,19-20H,7-8,11H2,1H3,(H,28,30)/t17-,19+,20+/m0/s1. The van der Waals surface area contributed by atoms with Crippen molar-refractivity contribution in [1.82, 2.24) is 15.0 Å². The molecule has 2 aliphatic rings. The summed E-state index contributed by atoms with van der Waals surface area (Å²) in [6.45, 7) is 1.94. The molecular weight excluding hydrogens is 381 g/mol. The van der Waals surface area contributed by atoms with Crippen molar-refractivity contribution >= 4 is 17.4 Å². The third kappa shape index (κ3) is 3.30. The fourth-order valence-electron chi connectivity index (χ4n) is 4.76. The van der Waals surface area contributed by atoms with Crippen LogP contribution in [0.2, 0.25) is 0 Å². The van der Waals surface area contributed by atoms with Gasteiger partial charge in [0.1, 0.15) is 5.82 Å². The highest BCUT2D eigenvalue weighted by atomic mass is 19.1. The van der Waals surface area contributed by atoms with E-state index in [1.165, 1.54) is 0 Å². The summed E-state index contributed by atoms with van der Waals surface area (Å²) in [5.41, 5.74) is 2.43. The van der Waals surface area contributed by atoms with Crippen molar-refractivity contribution in [3.8, 4) is 11.4 Å². The van der Waals surface area contributed by atoms with E-state index in [4.69, 9.17) is 0 Å². The van der Waals surface area contributed by atoms with Crippen LogP contribution >= 0.6 is 0 Å². The van der Waals surface area contributed by atoms with Crippen molar-refractivity contribution < 1.29 is 9.18 Å². The fraction of sp³-hybridized carbons (Fsp3) is 0.304. The van der Waals surface area contributed by atoms with Gasteiger partial charge in [-0.15, -0.1) is 0 Å². The van der Waals surface area contributed by atoms with Crippen molar-refractivity contribution in [2.24, 2.45) is 5.92 Å². The summed E-state index contributed by atoms with van der Waals surface area (Å²) in [5, 5.41) is 3.07. The molecule has 0 unspecified atom stereocenters. The molecule has 4 heterocycles. The normalized spacial score (nSPS) is 22.3. The van der Waals surface area contributed by atoms with Crippen molar-refractivity contribution in [2.75, 3.05) is 10.2 Å². The van der Waals surface area contributed by atoms with E-state index in [1.54, 1.807) is 6.20 Å². The van der Waals surface area contributed by atoms with Crippen LogP contribution in [0.1, 0.15) is 24.8 Å². The number of carbonyl (C=O) groups excluding carboxylic acids is 1. The van der Waals surface area contributed by atoms with Crippen LogP contribution in [0.5, 0.6) is 0 Å². The van der Waals surface area contributed by atoms with Crippen LogP contribution in [-0.4, -0.2) is 32.9 Å². The monoisotopic (exact) mass is 403 g/mol. The number of aryl methyl sites for hydroxylation is 1. The van der Waals surface area contributed by atoms with E-state index < -0.39 is 5.82 Å². The number of anilines is 2. The molecule has 0 spiro atoms. The second kappa shape index (κ2) is 7.48. The van der Waals surface area contributed by atoms with Crippen molar-refractivity contribution in [3.05, 3.63) is 66.4 Å². The zero-order valence-electron chi connectivity index (χ0n) is 16.6. The lowest BCUT2D eigenvalue weighted by molar-refractivity contribution is -0.120. The lowest BCUT2D eigenvalue weighted by Crippen LogP contribution is -2.35. The zero-order chi connectivity index (χ0) is 20.7. The summed E-state index contributed by atoms with van der Waals surface area (Å²) in [6, 6.07) is 12.1. The van der Waals surface area contributed by atoms with Gasteiger partial charge in [-0.1, -0.05) is 12.1 Å². The minimum atomic E-state index is -0.477. The second-order valence-corrected chi connectivity index (χ2v) is 7.98. The maximum atomic E-state index is 13.2. The van der Waals surface area contributed by atoms with Gasteiger partial charge < -0.3 is 10.2 Å². The van der Waals surface area contributed by atoms with Gasteiger partial charge in [-0.3, -0.25) is 4.79 Å². The molecule has 0 saturated carbocycles. The predicted molar refractivity (Wildman–Crippen MR) is 112 cm³/mol. The first-order valence-electron chi connectivity index (χ1n) is 10.2. The number of aromatic nitrogens is 3. The molecule has 3 aromatic rings. The van der Waals surface area contributed by atoms with Crippen molar-refractivity contribution in [3.63, 3.8) is 0 Å². The molecule has 30 heavy (non-hydrogen) atoms. The lowest BCUT2D eigenvalue weighted by Gasteiger charge is -2.25. The van der Waals surface area contributed by atoms with E-state index in [2.05, 4.69) is 25.2 Å². The fourth-order valence-corrected chi connectivity index (χ4v) is 4.76. The Morgan fingerprint density at radius 1 is 1.13 bits per heavy atom. The topological polar surface area (TPSA) is 71.0 Å². The average Bonchev–Trinajstić information content (AvgIpc) is 3.35. The number of halogens is 1. The second-order valence-electron chi connectivity index (χ2n) is 7.98. The van der Waals surface area contributed by atoms with Gasteiger partial charge in [0.25, 0.3) is 0 Å². The first-order valence-corrected chi connectivity index (χ1v) is 10.2. The molecule has 2 fully saturated rings. The van der Waals surface area contributed by atoms with Crippen LogP contribution in [0.15, 0.2) is 55.0 Å². The first kappa shape index (κ1) is 18.7. The molecular formula is C23H22FN5O. The Morgan fingerprint density at radius 3 is 2.73 bits per heavy atom. The molecule has 2 saturated heterocycles. The summed E-state index contributed by atoms with van der Waals surface area (Å²) in [4.78, 5) is 28.1. The zero-order valence-corrected chi connectivity index (χ0v) is 16.6. The Hall–Kier alpha value is -3.35. The molecule has 2 aromatic heterocycles. The van der Waals surface area contributed by atoms with Gasteiger partial charge in [-0.05, 0) is 56.0 Å². The Balaban J connectivity index is 1.35. The van der Waals surface area contributed by atoms with Crippen molar-refractivity contribution in [2.45, 2.75) is 38.3 Å². The molecule has 3 atom stereocenters. The molecule has 0 aliphatic carbocycles. The summed E-state index contributed by atoms with van der Waals surface area (Å²) >= 11 is 0. The van der Waals surface area contributed by atoms with Gasteiger partial charge in [-0.25, -0.2) is 19.3 Å². The Kier molecular flexibility index (Phi) is 4.65. The largest absolute Gasteiger partial charge is 0.350 e. The number of hydrogen-bond acceptors (Lipinski definition) is 5. The number of nitrogens with zero attached hydrogens (tertiary/aromatic N) is 4. The number of amides is 1. The average molecular weight is 403 g/mol. The minimum Gasteiger partial charge on any atom is -0.350 e. The van der Waals surface area contributed by atoms with Gasteiger partial charge in [0.15, 0.2) is 11.6 Å². The molecule has 2 aliphatic heterocycles.